The lowest BCUT2D eigenvalue weighted by atomic mass is 9.74. The first-order valence-electron chi connectivity index (χ1n) is 7.84. The van der Waals surface area contributed by atoms with Gasteiger partial charge in [0.1, 0.15) is 17.1 Å². The number of phenolic OH excluding ortho intramolecular Hbond substituents is 1. The van der Waals surface area contributed by atoms with E-state index in [0.717, 1.165) is 12.2 Å². The largest absolute Gasteiger partial charge is 0.508 e. The standard InChI is InChI=1S/C20H26O2/c1-6-20(5,15-7-11-17(21)12-8-15)16-9-13-18(14-10-16)22-19(2,3)4/h7-14,21H,6H2,1-5H3. The van der Waals surface area contributed by atoms with Gasteiger partial charge >= 0.3 is 0 Å². The lowest BCUT2D eigenvalue weighted by Gasteiger charge is -2.30. The van der Waals surface area contributed by atoms with Crippen LogP contribution in [0.3, 0.4) is 0 Å². The van der Waals surface area contributed by atoms with Crippen LogP contribution in [0.4, 0.5) is 0 Å². The van der Waals surface area contributed by atoms with Crippen LogP contribution in [0, 0.1) is 0 Å². The van der Waals surface area contributed by atoms with Crippen LogP contribution >= 0.6 is 0 Å². The molecular formula is C20H26O2. The zero-order valence-corrected chi connectivity index (χ0v) is 14.2. The summed E-state index contributed by atoms with van der Waals surface area (Å²) in [7, 11) is 0. The summed E-state index contributed by atoms with van der Waals surface area (Å²) in [5.41, 5.74) is 2.19. The van der Waals surface area contributed by atoms with E-state index in [0.29, 0.717) is 5.75 Å². The predicted octanol–water partition coefficient (Wildman–Crippen LogP) is 5.29. The van der Waals surface area contributed by atoms with Gasteiger partial charge in [0.2, 0.25) is 0 Å². The van der Waals surface area contributed by atoms with Crippen molar-refractivity contribution in [3.05, 3.63) is 59.7 Å². The summed E-state index contributed by atoms with van der Waals surface area (Å²) < 4.78 is 5.89. The molecular weight excluding hydrogens is 272 g/mol. The van der Waals surface area contributed by atoms with Crippen molar-refractivity contribution in [1.82, 2.24) is 0 Å². The summed E-state index contributed by atoms with van der Waals surface area (Å²) in [6.07, 6.45) is 0.983. The summed E-state index contributed by atoms with van der Waals surface area (Å²) in [5, 5.41) is 9.49. The van der Waals surface area contributed by atoms with Crippen LogP contribution in [0.5, 0.6) is 11.5 Å². The minimum Gasteiger partial charge on any atom is -0.508 e. The number of ether oxygens (including phenoxy) is 1. The summed E-state index contributed by atoms with van der Waals surface area (Å²) in [5.74, 6) is 1.19. The van der Waals surface area contributed by atoms with Crippen LogP contribution < -0.4 is 4.74 Å². The van der Waals surface area contributed by atoms with Gasteiger partial charge in [-0.1, -0.05) is 38.1 Å². The summed E-state index contributed by atoms with van der Waals surface area (Å²) >= 11 is 0. The van der Waals surface area contributed by atoms with Crippen LogP contribution in [-0.4, -0.2) is 10.7 Å². The molecule has 0 aliphatic heterocycles. The molecule has 0 saturated carbocycles. The van der Waals surface area contributed by atoms with E-state index in [1.54, 1.807) is 12.1 Å². The molecule has 118 valence electrons. The van der Waals surface area contributed by atoms with Crippen molar-refractivity contribution in [2.45, 2.75) is 52.1 Å². The molecule has 0 fully saturated rings. The summed E-state index contributed by atoms with van der Waals surface area (Å²) in [4.78, 5) is 0. The van der Waals surface area contributed by atoms with Crippen LogP contribution in [0.2, 0.25) is 0 Å². The molecule has 2 aromatic carbocycles. The molecule has 22 heavy (non-hydrogen) atoms. The first-order chi connectivity index (χ1) is 10.2. The van der Waals surface area contributed by atoms with Crippen LogP contribution in [0.25, 0.3) is 0 Å². The topological polar surface area (TPSA) is 29.5 Å². The molecule has 0 heterocycles. The van der Waals surface area contributed by atoms with Crippen LogP contribution in [0.15, 0.2) is 48.5 Å². The lowest BCUT2D eigenvalue weighted by Crippen LogP contribution is -2.24. The molecule has 0 amide bonds. The molecule has 0 aliphatic rings. The normalized spacial score (nSPS) is 14.4. The summed E-state index contributed by atoms with van der Waals surface area (Å²) in [6, 6.07) is 15.8. The molecule has 0 aromatic heterocycles. The summed E-state index contributed by atoms with van der Waals surface area (Å²) in [6.45, 7) is 10.6. The highest BCUT2D eigenvalue weighted by Gasteiger charge is 2.27. The third kappa shape index (κ3) is 3.62. The molecule has 0 radical (unpaired) electrons. The molecule has 2 aromatic rings. The Morgan fingerprint density at radius 3 is 1.68 bits per heavy atom. The second kappa shape index (κ2) is 6.04. The molecule has 0 saturated heterocycles. The van der Waals surface area contributed by atoms with Crippen molar-refractivity contribution in [2.75, 3.05) is 0 Å². The monoisotopic (exact) mass is 298 g/mol. The highest BCUT2D eigenvalue weighted by atomic mass is 16.5. The van der Waals surface area contributed by atoms with E-state index in [2.05, 4.69) is 26.0 Å². The van der Waals surface area contributed by atoms with Crippen LogP contribution in [-0.2, 0) is 5.41 Å². The fourth-order valence-corrected chi connectivity index (χ4v) is 2.65. The minimum atomic E-state index is -0.188. The van der Waals surface area contributed by atoms with Gasteiger partial charge < -0.3 is 9.84 Å². The van der Waals surface area contributed by atoms with E-state index in [1.165, 1.54) is 11.1 Å². The molecule has 0 aliphatic carbocycles. The Labute approximate surface area is 133 Å². The Morgan fingerprint density at radius 1 is 0.818 bits per heavy atom. The van der Waals surface area contributed by atoms with Crippen LogP contribution in [0.1, 0.15) is 52.2 Å². The Hall–Kier alpha value is -1.96. The number of phenols is 1. The average Bonchev–Trinajstić information content (AvgIpc) is 2.46. The van der Waals surface area contributed by atoms with Gasteiger partial charge in [-0.2, -0.15) is 0 Å². The zero-order chi connectivity index (χ0) is 16.4. The number of hydrogen-bond donors (Lipinski definition) is 1. The van der Waals surface area contributed by atoms with E-state index >= 15 is 0 Å². The first-order valence-corrected chi connectivity index (χ1v) is 7.84. The predicted molar refractivity (Wildman–Crippen MR) is 91.7 cm³/mol. The molecule has 1 N–H and O–H groups in total. The number of hydrogen-bond acceptors (Lipinski definition) is 2. The quantitative estimate of drug-likeness (QED) is 0.831. The van der Waals surface area contributed by atoms with E-state index in [4.69, 9.17) is 4.74 Å². The van der Waals surface area contributed by atoms with Gasteiger partial charge in [-0.05, 0) is 62.6 Å². The fourth-order valence-electron chi connectivity index (χ4n) is 2.65. The molecule has 1 atom stereocenters. The number of benzene rings is 2. The van der Waals surface area contributed by atoms with Gasteiger partial charge in [-0.15, -0.1) is 0 Å². The maximum Gasteiger partial charge on any atom is 0.120 e. The van der Waals surface area contributed by atoms with Crippen molar-refractivity contribution >= 4 is 0 Å². The van der Waals surface area contributed by atoms with Crippen molar-refractivity contribution in [1.29, 1.82) is 0 Å². The maximum atomic E-state index is 9.49. The molecule has 2 heteroatoms. The molecule has 2 rings (SSSR count). The van der Waals surface area contributed by atoms with Crippen molar-refractivity contribution in [2.24, 2.45) is 0 Å². The Morgan fingerprint density at radius 2 is 1.27 bits per heavy atom. The molecule has 0 bridgehead atoms. The second-order valence-corrected chi connectivity index (χ2v) is 6.97. The lowest BCUT2D eigenvalue weighted by molar-refractivity contribution is 0.131. The Kier molecular flexibility index (Phi) is 4.50. The minimum absolute atomic E-state index is 0.0754. The zero-order valence-electron chi connectivity index (χ0n) is 14.2. The Bertz CT molecular complexity index is 606. The third-order valence-corrected chi connectivity index (χ3v) is 4.13. The highest BCUT2D eigenvalue weighted by molar-refractivity contribution is 5.42. The van der Waals surface area contributed by atoms with Gasteiger partial charge in [-0.25, -0.2) is 0 Å². The van der Waals surface area contributed by atoms with E-state index < -0.39 is 0 Å². The SMILES string of the molecule is CCC(C)(c1ccc(O)cc1)c1ccc(OC(C)(C)C)cc1. The van der Waals surface area contributed by atoms with Gasteiger partial charge in [0.25, 0.3) is 0 Å². The molecule has 2 nitrogen and oxygen atoms in total. The number of rotatable bonds is 4. The van der Waals surface area contributed by atoms with Crippen molar-refractivity contribution in [3.63, 3.8) is 0 Å². The van der Waals surface area contributed by atoms with Gasteiger partial charge in [0, 0.05) is 5.41 Å². The molecule has 0 spiro atoms. The van der Waals surface area contributed by atoms with Crippen molar-refractivity contribution in [3.8, 4) is 11.5 Å². The first kappa shape index (κ1) is 16.4. The molecule has 1 unspecified atom stereocenters. The smallest absolute Gasteiger partial charge is 0.120 e. The van der Waals surface area contributed by atoms with Gasteiger partial charge in [0.05, 0.1) is 0 Å². The van der Waals surface area contributed by atoms with E-state index in [1.807, 2.05) is 45.0 Å². The Balaban J connectivity index is 2.33. The van der Waals surface area contributed by atoms with E-state index in [9.17, 15) is 5.11 Å². The second-order valence-electron chi connectivity index (χ2n) is 6.97. The maximum absolute atomic E-state index is 9.49. The highest BCUT2D eigenvalue weighted by Crippen LogP contribution is 2.36. The third-order valence-electron chi connectivity index (χ3n) is 4.13. The number of aromatic hydroxyl groups is 1. The van der Waals surface area contributed by atoms with E-state index in [-0.39, 0.29) is 11.0 Å². The van der Waals surface area contributed by atoms with Gasteiger partial charge in [0.15, 0.2) is 0 Å². The average molecular weight is 298 g/mol. The van der Waals surface area contributed by atoms with Gasteiger partial charge in [-0.3, -0.25) is 0 Å². The fraction of sp³-hybridized carbons (Fsp3) is 0.400. The van der Waals surface area contributed by atoms with Crippen molar-refractivity contribution < 1.29 is 9.84 Å².